The van der Waals surface area contributed by atoms with Crippen LogP contribution in [-0.4, -0.2) is 37.7 Å². The minimum absolute atomic E-state index is 0.420. The number of hydrogen-bond acceptors (Lipinski definition) is 3. The van der Waals surface area contributed by atoms with Gasteiger partial charge in [-0.1, -0.05) is 6.42 Å². The van der Waals surface area contributed by atoms with Crippen molar-refractivity contribution in [3.05, 3.63) is 24.0 Å². The minimum atomic E-state index is -3.01. The van der Waals surface area contributed by atoms with E-state index in [0.717, 1.165) is 13.0 Å². The molecule has 0 aliphatic carbocycles. The van der Waals surface area contributed by atoms with E-state index in [0.29, 0.717) is 18.3 Å². The maximum atomic E-state index is 13.5. The van der Waals surface area contributed by atoms with Crippen LogP contribution < -0.4 is 10.1 Å². The average molecular weight is 288 g/mol. The second-order valence-corrected chi connectivity index (χ2v) is 5.03. The summed E-state index contributed by atoms with van der Waals surface area (Å²) in [7, 11) is 2.08. The van der Waals surface area contributed by atoms with Crippen molar-refractivity contribution >= 4 is 5.69 Å². The van der Waals surface area contributed by atoms with E-state index in [2.05, 4.69) is 22.0 Å². The van der Waals surface area contributed by atoms with Crippen molar-refractivity contribution < 1.29 is 17.9 Å². The lowest BCUT2D eigenvalue weighted by atomic mass is 10.0. The molecule has 1 unspecified atom stereocenters. The van der Waals surface area contributed by atoms with Gasteiger partial charge in [0.1, 0.15) is 0 Å². The van der Waals surface area contributed by atoms with Gasteiger partial charge in [-0.2, -0.15) is 8.78 Å². The van der Waals surface area contributed by atoms with Crippen molar-refractivity contribution in [1.82, 2.24) is 4.90 Å². The molecule has 1 aromatic carbocycles. The molecule has 1 saturated heterocycles. The molecule has 1 fully saturated rings. The van der Waals surface area contributed by atoms with Crippen molar-refractivity contribution in [2.45, 2.75) is 31.9 Å². The van der Waals surface area contributed by atoms with E-state index in [4.69, 9.17) is 0 Å². The van der Waals surface area contributed by atoms with E-state index >= 15 is 0 Å². The van der Waals surface area contributed by atoms with E-state index in [1.807, 2.05) is 0 Å². The number of alkyl halides is 2. The smallest absolute Gasteiger partial charge is 0.387 e. The van der Waals surface area contributed by atoms with Gasteiger partial charge in [0.05, 0.1) is 0 Å². The van der Waals surface area contributed by atoms with E-state index in [1.54, 1.807) is 6.07 Å². The number of hydrogen-bond donors (Lipinski definition) is 1. The molecule has 20 heavy (non-hydrogen) atoms. The Labute approximate surface area is 116 Å². The quantitative estimate of drug-likeness (QED) is 0.899. The maximum Gasteiger partial charge on any atom is 0.387 e. The summed E-state index contributed by atoms with van der Waals surface area (Å²) in [5, 5.41) is 3.14. The van der Waals surface area contributed by atoms with Gasteiger partial charge in [0.25, 0.3) is 0 Å². The Bertz CT molecular complexity index is 442. The first kappa shape index (κ1) is 15.0. The summed E-state index contributed by atoms with van der Waals surface area (Å²) < 4.78 is 41.7. The van der Waals surface area contributed by atoms with Crippen LogP contribution in [0.15, 0.2) is 18.2 Å². The molecule has 112 valence electrons. The van der Waals surface area contributed by atoms with Gasteiger partial charge < -0.3 is 15.0 Å². The average Bonchev–Trinajstić information content (AvgIpc) is 2.40. The van der Waals surface area contributed by atoms with E-state index < -0.39 is 18.2 Å². The molecule has 0 radical (unpaired) electrons. The number of likely N-dealkylation sites (tertiary alicyclic amines) is 1. The second kappa shape index (κ2) is 6.83. The zero-order valence-corrected chi connectivity index (χ0v) is 11.4. The van der Waals surface area contributed by atoms with Crippen LogP contribution in [0.4, 0.5) is 18.9 Å². The van der Waals surface area contributed by atoms with Crippen molar-refractivity contribution in [2.75, 3.05) is 25.5 Å². The zero-order chi connectivity index (χ0) is 14.5. The first-order chi connectivity index (χ1) is 9.56. The van der Waals surface area contributed by atoms with Gasteiger partial charge in [0, 0.05) is 24.3 Å². The van der Waals surface area contributed by atoms with Crippen molar-refractivity contribution in [3.63, 3.8) is 0 Å². The van der Waals surface area contributed by atoms with Crippen LogP contribution in [0.2, 0.25) is 0 Å². The minimum Gasteiger partial charge on any atom is -0.432 e. The van der Waals surface area contributed by atoms with Crippen molar-refractivity contribution in [2.24, 2.45) is 0 Å². The number of halogens is 3. The van der Waals surface area contributed by atoms with Crippen LogP contribution in [0.3, 0.4) is 0 Å². The summed E-state index contributed by atoms with van der Waals surface area (Å²) in [4.78, 5) is 2.28. The first-order valence-electron chi connectivity index (χ1n) is 6.74. The molecule has 1 N–H and O–H groups in total. The fraction of sp³-hybridized carbons (Fsp3) is 0.571. The second-order valence-electron chi connectivity index (χ2n) is 5.03. The lowest BCUT2D eigenvalue weighted by Crippen LogP contribution is -2.40. The zero-order valence-electron chi connectivity index (χ0n) is 11.4. The van der Waals surface area contributed by atoms with Gasteiger partial charge in [-0.3, -0.25) is 0 Å². The first-order valence-corrected chi connectivity index (χ1v) is 6.74. The number of rotatable bonds is 5. The Kier molecular flexibility index (Phi) is 5.11. The summed E-state index contributed by atoms with van der Waals surface area (Å²) in [6.07, 6.45) is 3.52. The highest BCUT2D eigenvalue weighted by molar-refractivity contribution is 5.47. The van der Waals surface area contributed by atoms with Crippen LogP contribution in [0, 0.1) is 5.82 Å². The molecule has 1 aromatic rings. The van der Waals surface area contributed by atoms with Crippen molar-refractivity contribution in [3.8, 4) is 5.75 Å². The molecule has 3 nitrogen and oxygen atoms in total. The number of benzene rings is 1. The van der Waals surface area contributed by atoms with Gasteiger partial charge in [0.2, 0.25) is 0 Å². The molecule has 2 rings (SSSR count). The summed E-state index contributed by atoms with van der Waals surface area (Å²) in [5.74, 6) is -1.22. The van der Waals surface area contributed by atoms with Gasteiger partial charge in [-0.25, -0.2) is 4.39 Å². The molecule has 0 amide bonds. The van der Waals surface area contributed by atoms with Gasteiger partial charge in [0.15, 0.2) is 11.6 Å². The van der Waals surface area contributed by atoms with Gasteiger partial charge in [-0.05, 0) is 38.6 Å². The summed E-state index contributed by atoms with van der Waals surface area (Å²) in [5.41, 5.74) is 0.572. The van der Waals surface area contributed by atoms with Crippen LogP contribution >= 0.6 is 0 Å². The topological polar surface area (TPSA) is 24.5 Å². The van der Waals surface area contributed by atoms with Crippen molar-refractivity contribution in [1.29, 1.82) is 0 Å². The third-order valence-corrected chi connectivity index (χ3v) is 3.61. The Morgan fingerprint density at radius 3 is 2.85 bits per heavy atom. The fourth-order valence-electron chi connectivity index (χ4n) is 2.44. The number of piperidine rings is 1. The molecular weight excluding hydrogens is 269 g/mol. The standard InChI is InChI=1S/C14H19F3N2O/c1-19-7-3-2-4-11(19)9-18-10-5-6-13(12(15)8-10)20-14(16)17/h5-6,8,11,14,18H,2-4,7,9H2,1H3. The predicted octanol–water partition coefficient (Wildman–Crippen LogP) is 3.32. The van der Waals surface area contributed by atoms with Crippen LogP contribution in [-0.2, 0) is 0 Å². The summed E-state index contributed by atoms with van der Waals surface area (Å²) in [6, 6.07) is 4.36. The number of nitrogens with one attached hydrogen (secondary N) is 1. The molecule has 0 spiro atoms. The van der Waals surface area contributed by atoms with E-state index in [1.165, 1.54) is 25.0 Å². The monoisotopic (exact) mass is 288 g/mol. The molecule has 1 aliphatic rings. The van der Waals surface area contributed by atoms with E-state index in [9.17, 15) is 13.2 Å². The molecule has 6 heteroatoms. The Hall–Kier alpha value is -1.43. The Morgan fingerprint density at radius 2 is 2.20 bits per heavy atom. The van der Waals surface area contributed by atoms with Crippen LogP contribution in [0.5, 0.6) is 5.75 Å². The Balaban J connectivity index is 1.91. The highest BCUT2D eigenvalue weighted by Crippen LogP contribution is 2.23. The molecule has 0 aromatic heterocycles. The third kappa shape index (κ3) is 4.03. The van der Waals surface area contributed by atoms with E-state index in [-0.39, 0.29) is 0 Å². The summed E-state index contributed by atoms with van der Waals surface area (Å²) >= 11 is 0. The van der Waals surface area contributed by atoms with Gasteiger partial charge in [-0.15, -0.1) is 0 Å². The summed E-state index contributed by atoms with van der Waals surface area (Å²) in [6.45, 7) is -1.23. The SMILES string of the molecule is CN1CCCCC1CNc1ccc(OC(F)F)c(F)c1. The molecule has 0 saturated carbocycles. The highest BCUT2D eigenvalue weighted by atomic mass is 19.3. The van der Waals surface area contributed by atoms with Crippen LogP contribution in [0.25, 0.3) is 0 Å². The predicted molar refractivity (Wildman–Crippen MR) is 71.8 cm³/mol. The lowest BCUT2D eigenvalue weighted by molar-refractivity contribution is -0.0521. The molecular formula is C14H19F3N2O. The number of ether oxygens (including phenoxy) is 1. The van der Waals surface area contributed by atoms with Gasteiger partial charge >= 0.3 is 6.61 Å². The number of anilines is 1. The lowest BCUT2D eigenvalue weighted by Gasteiger charge is -2.32. The third-order valence-electron chi connectivity index (χ3n) is 3.61. The fourth-order valence-corrected chi connectivity index (χ4v) is 2.44. The number of likely N-dealkylation sites (N-methyl/N-ethyl adjacent to an activating group) is 1. The van der Waals surface area contributed by atoms with Crippen LogP contribution in [0.1, 0.15) is 19.3 Å². The Morgan fingerprint density at radius 1 is 1.40 bits per heavy atom. The number of nitrogens with zero attached hydrogens (tertiary/aromatic N) is 1. The normalized spacial score (nSPS) is 20.1. The molecule has 1 atom stereocenters. The molecule has 1 aliphatic heterocycles. The maximum absolute atomic E-state index is 13.5. The molecule has 0 bridgehead atoms. The molecule has 1 heterocycles. The highest BCUT2D eigenvalue weighted by Gasteiger charge is 2.18. The largest absolute Gasteiger partial charge is 0.432 e.